The quantitative estimate of drug-likeness (QED) is 0.735. The van der Waals surface area contributed by atoms with Gasteiger partial charge in [0.2, 0.25) is 5.91 Å². The topological polar surface area (TPSA) is 73.5 Å². The van der Waals surface area contributed by atoms with Gasteiger partial charge >= 0.3 is 5.76 Å². The second kappa shape index (κ2) is 7.19. The number of oxazole rings is 1. The van der Waals surface area contributed by atoms with E-state index in [1.54, 1.807) is 13.2 Å². The van der Waals surface area contributed by atoms with Crippen molar-refractivity contribution in [3.05, 3.63) is 64.1 Å². The van der Waals surface area contributed by atoms with E-state index in [1.807, 2.05) is 43.3 Å². The van der Waals surface area contributed by atoms with E-state index in [0.29, 0.717) is 11.1 Å². The Kier molecular flexibility index (Phi) is 4.71. The maximum atomic E-state index is 12.9. The number of aryl methyl sites for hydroxylation is 1. The van der Waals surface area contributed by atoms with Gasteiger partial charge in [0.05, 0.1) is 18.2 Å². The molecule has 6 nitrogen and oxygen atoms in total. The highest BCUT2D eigenvalue weighted by atomic mass is 16.5. The van der Waals surface area contributed by atoms with Crippen LogP contribution in [0.5, 0.6) is 5.75 Å². The van der Waals surface area contributed by atoms with E-state index in [9.17, 15) is 9.59 Å². The first-order valence-corrected chi connectivity index (χ1v) is 9.56. The zero-order valence-corrected chi connectivity index (χ0v) is 16.2. The molecule has 1 N–H and O–H groups in total. The summed E-state index contributed by atoms with van der Waals surface area (Å²) >= 11 is 0. The van der Waals surface area contributed by atoms with Crippen LogP contribution in [-0.2, 0) is 16.9 Å². The number of hydrogen-bond acceptors (Lipinski definition) is 4. The van der Waals surface area contributed by atoms with Crippen molar-refractivity contribution in [3.8, 4) is 5.75 Å². The lowest BCUT2D eigenvalue weighted by molar-refractivity contribution is -0.123. The summed E-state index contributed by atoms with van der Waals surface area (Å²) < 4.78 is 11.9. The summed E-state index contributed by atoms with van der Waals surface area (Å²) in [4.78, 5) is 25.2. The Labute approximate surface area is 163 Å². The van der Waals surface area contributed by atoms with E-state index in [-0.39, 0.29) is 12.5 Å². The van der Waals surface area contributed by atoms with Crippen LogP contribution in [0.25, 0.3) is 11.1 Å². The summed E-state index contributed by atoms with van der Waals surface area (Å²) in [7, 11) is 1.64. The normalized spacial score (nSPS) is 15.6. The summed E-state index contributed by atoms with van der Waals surface area (Å²) in [6.45, 7) is 1.88. The van der Waals surface area contributed by atoms with Crippen molar-refractivity contribution in [1.29, 1.82) is 0 Å². The van der Waals surface area contributed by atoms with Crippen molar-refractivity contribution in [3.63, 3.8) is 0 Å². The number of hydrogen-bond donors (Lipinski definition) is 1. The van der Waals surface area contributed by atoms with Gasteiger partial charge in [-0.25, -0.2) is 4.79 Å². The number of nitrogens with one attached hydrogen (secondary N) is 1. The van der Waals surface area contributed by atoms with Gasteiger partial charge < -0.3 is 14.5 Å². The highest BCUT2D eigenvalue weighted by Gasteiger charge is 2.37. The summed E-state index contributed by atoms with van der Waals surface area (Å²) in [5.74, 6) is 0.0831. The molecule has 0 spiro atoms. The van der Waals surface area contributed by atoms with Gasteiger partial charge in [-0.2, -0.15) is 0 Å². The third-order valence-corrected chi connectivity index (χ3v) is 5.60. The van der Waals surface area contributed by atoms with Gasteiger partial charge in [0, 0.05) is 0 Å². The van der Waals surface area contributed by atoms with Crippen molar-refractivity contribution >= 4 is 17.0 Å². The van der Waals surface area contributed by atoms with E-state index >= 15 is 0 Å². The van der Waals surface area contributed by atoms with Crippen molar-refractivity contribution in [2.75, 3.05) is 7.11 Å². The number of benzene rings is 2. The maximum absolute atomic E-state index is 12.9. The molecule has 1 heterocycles. The summed E-state index contributed by atoms with van der Waals surface area (Å²) in [5, 5.41) is 3.21. The number of ether oxygens (including phenoxy) is 1. The molecule has 0 unspecified atom stereocenters. The van der Waals surface area contributed by atoms with Crippen LogP contribution in [0.1, 0.15) is 36.8 Å². The molecule has 0 atom stereocenters. The third-order valence-electron chi connectivity index (χ3n) is 5.60. The number of nitrogens with zero attached hydrogens (tertiary/aromatic N) is 1. The van der Waals surface area contributed by atoms with Crippen LogP contribution in [0.2, 0.25) is 0 Å². The molecule has 1 amide bonds. The summed E-state index contributed by atoms with van der Waals surface area (Å²) in [6.07, 6.45) is 3.87. The van der Waals surface area contributed by atoms with Crippen LogP contribution < -0.4 is 15.8 Å². The zero-order chi connectivity index (χ0) is 19.7. The first kappa shape index (κ1) is 18.3. The highest BCUT2D eigenvalue weighted by molar-refractivity contribution is 5.80. The molecule has 1 fully saturated rings. The average molecular weight is 380 g/mol. The van der Waals surface area contributed by atoms with Gasteiger partial charge in [-0.3, -0.25) is 9.36 Å². The minimum Gasteiger partial charge on any atom is -0.497 e. The molecular formula is C22H24N2O4. The van der Waals surface area contributed by atoms with Gasteiger partial charge in [0.1, 0.15) is 12.3 Å². The fourth-order valence-corrected chi connectivity index (χ4v) is 4.15. The van der Waals surface area contributed by atoms with Crippen molar-refractivity contribution in [1.82, 2.24) is 9.88 Å². The van der Waals surface area contributed by atoms with Crippen LogP contribution >= 0.6 is 0 Å². The second-order valence-corrected chi connectivity index (χ2v) is 7.49. The molecule has 1 aromatic heterocycles. The molecule has 1 saturated carbocycles. The molecule has 2 aromatic carbocycles. The first-order valence-electron chi connectivity index (χ1n) is 9.56. The Balaban J connectivity index is 1.60. The minimum absolute atomic E-state index is 0.0623. The van der Waals surface area contributed by atoms with Gasteiger partial charge in [-0.15, -0.1) is 0 Å². The second-order valence-electron chi connectivity index (χ2n) is 7.49. The fraction of sp³-hybridized carbons (Fsp3) is 0.364. The number of carbonyl (C=O) groups is 1. The molecule has 28 heavy (non-hydrogen) atoms. The number of amides is 1. The lowest BCUT2D eigenvalue weighted by atomic mass is 9.88. The number of aromatic nitrogens is 1. The van der Waals surface area contributed by atoms with E-state index in [0.717, 1.165) is 42.6 Å². The Bertz CT molecular complexity index is 1060. The van der Waals surface area contributed by atoms with Crippen LogP contribution in [-0.4, -0.2) is 17.6 Å². The fourth-order valence-electron chi connectivity index (χ4n) is 4.15. The molecule has 0 saturated heterocycles. The lowest BCUT2D eigenvalue weighted by Gasteiger charge is -2.31. The Hall–Kier alpha value is -3.02. The van der Waals surface area contributed by atoms with Crippen LogP contribution in [0, 0.1) is 6.92 Å². The molecule has 4 rings (SSSR count). The summed E-state index contributed by atoms with van der Waals surface area (Å²) in [6, 6.07) is 13.3. The predicted molar refractivity (Wildman–Crippen MR) is 106 cm³/mol. The Morgan fingerprint density at radius 2 is 1.89 bits per heavy atom. The van der Waals surface area contributed by atoms with Gasteiger partial charge in [-0.1, -0.05) is 31.0 Å². The van der Waals surface area contributed by atoms with Gasteiger partial charge in [-0.05, 0) is 55.2 Å². The minimum atomic E-state index is -0.513. The lowest BCUT2D eigenvalue weighted by Crippen LogP contribution is -2.45. The average Bonchev–Trinajstić information content (AvgIpc) is 3.28. The van der Waals surface area contributed by atoms with Crippen molar-refractivity contribution in [2.24, 2.45) is 0 Å². The number of carbonyl (C=O) groups excluding carboxylic acids is 1. The standard InChI is InChI=1S/C22H24N2O4/c1-15-5-10-19-18(13-15)24(21(26)28-19)14-20(25)23-22(11-3-4-12-22)16-6-8-17(27-2)9-7-16/h5-10,13H,3-4,11-12,14H2,1-2H3,(H,23,25). The summed E-state index contributed by atoms with van der Waals surface area (Å²) in [5.41, 5.74) is 2.81. The molecule has 0 aliphatic heterocycles. The molecule has 1 aliphatic rings. The molecule has 0 bridgehead atoms. The van der Waals surface area contributed by atoms with E-state index in [1.165, 1.54) is 4.57 Å². The Morgan fingerprint density at radius 3 is 2.57 bits per heavy atom. The monoisotopic (exact) mass is 380 g/mol. The molecular weight excluding hydrogens is 356 g/mol. The zero-order valence-electron chi connectivity index (χ0n) is 16.2. The number of fused-ring (bicyclic) bond motifs is 1. The molecule has 3 aromatic rings. The molecule has 1 aliphatic carbocycles. The smallest absolute Gasteiger partial charge is 0.420 e. The van der Waals surface area contributed by atoms with Crippen LogP contribution in [0.4, 0.5) is 0 Å². The van der Waals surface area contributed by atoms with Crippen molar-refractivity contribution in [2.45, 2.75) is 44.7 Å². The SMILES string of the molecule is COc1ccc(C2(NC(=O)Cn3c(=O)oc4ccc(C)cc43)CCCC2)cc1. The maximum Gasteiger partial charge on any atom is 0.420 e. The highest BCUT2D eigenvalue weighted by Crippen LogP contribution is 2.39. The first-order chi connectivity index (χ1) is 13.5. The number of rotatable bonds is 5. The Morgan fingerprint density at radius 1 is 1.18 bits per heavy atom. The van der Waals surface area contributed by atoms with E-state index in [2.05, 4.69) is 5.32 Å². The van der Waals surface area contributed by atoms with E-state index in [4.69, 9.17) is 9.15 Å². The van der Waals surface area contributed by atoms with Gasteiger partial charge in [0.15, 0.2) is 5.58 Å². The van der Waals surface area contributed by atoms with Crippen molar-refractivity contribution < 1.29 is 13.9 Å². The van der Waals surface area contributed by atoms with Crippen LogP contribution in [0.15, 0.2) is 51.7 Å². The molecule has 0 radical (unpaired) electrons. The van der Waals surface area contributed by atoms with Crippen LogP contribution in [0.3, 0.4) is 0 Å². The molecule has 146 valence electrons. The largest absolute Gasteiger partial charge is 0.497 e. The predicted octanol–water partition coefficient (Wildman–Crippen LogP) is 3.50. The third kappa shape index (κ3) is 3.30. The molecule has 6 heteroatoms. The van der Waals surface area contributed by atoms with E-state index < -0.39 is 11.3 Å². The number of methoxy groups -OCH3 is 1. The van der Waals surface area contributed by atoms with Gasteiger partial charge in [0.25, 0.3) is 0 Å².